The first-order valence-electron chi connectivity index (χ1n) is 29.0. The van der Waals surface area contributed by atoms with Gasteiger partial charge in [0.05, 0.1) is 0 Å². The van der Waals surface area contributed by atoms with E-state index in [1.54, 1.807) is 0 Å². The summed E-state index contributed by atoms with van der Waals surface area (Å²) >= 11 is 0. The van der Waals surface area contributed by atoms with Crippen LogP contribution >= 0.6 is 0 Å². The van der Waals surface area contributed by atoms with Gasteiger partial charge in [0, 0.05) is 19.3 Å². The van der Waals surface area contributed by atoms with Gasteiger partial charge in [-0.3, -0.25) is 14.4 Å². The second kappa shape index (κ2) is 55.2. The summed E-state index contributed by atoms with van der Waals surface area (Å²) in [7, 11) is 0. The molecule has 0 aliphatic heterocycles. The van der Waals surface area contributed by atoms with E-state index in [1.807, 2.05) is 0 Å². The lowest BCUT2D eigenvalue weighted by molar-refractivity contribution is -0.167. The van der Waals surface area contributed by atoms with Crippen LogP contribution in [0.5, 0.6) is 0 Å². The zero-order chi connectivity index (χ0) is 47.9. The van der Waals surface area contributed by atoms with Crippen molar-refractivity contribution in [2.45, 2.75) is 316 Å². The molecule has 0 aliphatic rings. The normalized spacial score (nSPS) is 12.2. The maximum Gasteiger partial charge on any atom is 0.306 e. The molecule has 0 fully saturated rings. The van der Waals surface area contributed by atoms with Crippen LogP contribution in [0.2, 0.25) is 0 Å². The van der Waals surface area contributed by atoms with Gasteiger partial charge in [-0.25, -0.2) is 0 Å². The van der Waals surface area contributed by atoms with Crippen LogP contribution in [0.25, 0.3) is 0 Å². The third kappa shape index (κ3) is 52.6. The van der Waals surface area contributed by atoms with Crippen LogP contribution in [0.1, 0.15) is 310 Å². The highest BCUT2D eigenvalue weighted by Crippen LogP contribution is 2.17. The molecule has 0 N–H and O–H groups in total. The predicted octanol–water partition coefficient (Wildman–Crippen LogP) is 19.3. The molecule has 0 saturated heterocycles. The maximum absolute atomic E-state index is 12.8. The monoisotopic (exact) mass is 927 g/mol. The molecule has 0 aliphatic carbocycles. The van der Waals surface area contributed by atoms with Crippen LogP contribution < -0.4 is 0 Å². The molecule has 0 saturated carbocycles. The van der Waals surface area contributed by atoms with E-state index in [1.165, 1.54) is 173 Å². The molecule has 0 aromatic rings. The van der Waals surface area contributed by atoms with Gasteiger partial charge in [-0.1, -0.05) is 256 Å². The molecule has 0 spiro atoms. The van der Waals surface area contributed by atoms with Crippen molar-refractivity contribution in [1.29, 1.82) is 0 Å². The maximum atomic E-state index is 12.8. The van der Waals surface area contributed by atoms with Crippen LogP contribution in [0, 0.1) is 0 Å². The first kappa shape index (κ1) is 63.6. The average molecular weight is 928 g/mol. The predicted molar refractivity (Wildman–Crippen MR) is 284 cm³/mol. The van der Waals surface area contributed by atoms with Crippen molar-refractivity contribution >= 4 is 17.9 Å². The van der Waals surface area contributed by atoms with E-state index in [2.05, 4.69) is 57.2 Å². The van der Waals surface area contributed by atoms with Crippen molar-refractivity contribution in [3.05, 3.63) is 36.5 Å². The summed E-state index contributed by atoms with van der Waals surface area (Å²) in [5, 5.41) is 0. The number of esters is 3. The number of rotatable bonds is 53. The molecule has 66 heavy (non-hydrogen) atoms. The lowest BCUT2D eigenvalue weighted by atomic mass is 10.0. The number of allylic oxidation sites excluding steroid dienone is 6. The summed E-state index contributed by atoms with van der Waals surface area (Å²) in [6.07, 6.45) is 65.8. The molecule has 6 heteroatoms. The summed E-state index contributed by atoms with van der Waals surface area (Å²) in [5.74, 6) is -0.888. The molecular weight excluding hydrogens is 817 g/mol. The lowest BCUT2D eigenvalue weighted by Crippen LogP contribution is -2.30. The first-order valence-corrected chi connectivity index (χ1v) is 29.0. The number of carbonyl (C=O) groups excluding carboxylic acids is 3. The minimum atomic E-state index is -0.779. The molecule has 1 unspecified atom stereocenters. The fourth-order valence-corrected chi connectivity index (χ4v) is 8.48. The first-order chi connectivity index (χ1) is 32.5. The van der Waals surface area contributed by atoms with Crippen molar-refractivity contribution in [2.24, 2.45) is 0 Å². The van der Waals surface area contributed by atoms with Crippen molar-refractivity contribution < 1.29 is 28.6 Å². The van der Waals surface area contributed by atoms with Gasteiger partial charge >= 0.3 is 17.9 Å². The SMILES string of the molecule is CCC/C=C\CCCCCCCC(=O)OCC(COC(=O)CCCCCCCCCCCCCCCCCCCCCCCCC)OC(=O)CCCCCCC/C=C\C/C=C\CCCCC. The Morgan fingerprint density at radius 3 is 0.939 bits per heavy atom. The second-order valence-corrected chi connectivity index (χ2v) is 19.6. The molecule has 0 aromatic carbocycles. The van der Waals surface area contributed by atoms with E-state index in [-0.39, 0.29) is 31.1 Å². The van der Waals surface area contributed by atoms with Crippen molar-refractivity contribution in [3.63, 3.8) is 0 Å². The summed E-state index contributed by atoms with van der Waals surface area (Å²) in [5.41, 5.74) is 0. The Morgan fingerprint density at radius 1 is 0.303 bits per heavy atom. The minimum absolute atomic E-state index is 0.0773. The van der Waals surface area contributed by atoms with Gasteiger partial charge in [-0.15, -0.1) is 0 Å². The fourth-order valence-electron chi connectivity index (χ4n) is 8.48. The van der Waals surface area contributed by atoms with Crippen LogP contribution in [0.15, 0.2) is 36.5 Å². The van der Waals surface area contributed by atoms with Gasteiger partial charge in [0.1, 0.15) is 13.2 Å². The van der Waals surface area contributed by atoms with Crippen LogP contribution in [-0.2, 0) is 28.6 Å². The molecular formula is C60H110O6. The Bertz CT molecular complexity index is 1110. The molecule has 6 nitrogen and oxygen atoms in total. The number of hydrogen-bond donors (Lipinski definition) is 0. The lowest BCUT2D eigenvalue weighted by Gasteiger charge is -2.18. The van der Waals surface area contributed by atoms with Crippen LogP contribution in [0.4, 0.5) is 0 Å². The molecule has 0 bridgehead atoms. The van der Waals surface area contributed by atoms with Crippen molar-refractivity contribution in [2.75, 3.05) is 13.2 Å². The molecule has 0 radical (unpaired) electrons. The molecule has 0 aromatic heterocycles. The van der Waals surface area contributed by atoms with Gasteiger partial charge in [0.25, 0.3) is 0 Å². The molecule has 0 amide bonds. The Labute approximate surface area is 410 Å². The Morgan fingerprint density at radius 2 is 0.576 bits per heavy atom. The second-order valence-electron chi connectivity index (χ2n) is 19.6. The Kier molecular flexibility index (Phi) is 53.2. The molecule has 1 atom stereocenters. The molecule has 0 rings (SSSR count). The topological polar surface area (TPSA) is 78.9 Å². The third-order valence-corrected chi connectivity index (χ3v) is 12.8. The highest BCUT2D eigenvalue weighted by atomic mass is 16.6. The standard InChI is InChI=1S/C60H110O6/c1-4-7-10-13-16-19-22-24-26-27-28-29-30-31-32-33-35-36-38-41-44-47-50-53-59(62)65-56-57(55-64-58(61)52-49-46-43-40-21-18-15-12-9-6-3)66-60(63)54-51-48-45-42-39-37-34-25-23-20-17-14-11-8-5-2/h12,15,17,20,25,34,57H,4-11,13-14,16,18-19,21-24,26-33,35-56H2,1-3H3/b15-12-,20-17-,34-25-. The zero-order valence-electron chi connectivity index (χ0n) is 44.2. The van der Waals surface area contributed by atoms with Gasteiger partial charge in [0.15, 0.2) is 6.10 Å². The fraction of sp³-hybridized carbons (Fsp3) is 0.850. The summed E-state index contributed by atoms with van der Waals surface area (Å²) in [6.45, 7) is 6.57. The Hall–Kier alpha value is -2.37. The van der Waals surface area contributed by atoms with E-state index >= 15 is 0 Å². The largest absolute Gasteiger partial charge is 0.462 e. The Balaban J connectivity index is 4.21. The van der Waals surface area contributed by atoms with Gasteiger partial charge in [-0.05, 0) is 70.6 Å². The number of ether oxygens (including phenoxy) is 3. The number of hydrogen-bond acceptors (Lipinski definition) is 6. The van der Waals surface area contributed by atoms with E-state index in [0.29, 0.717) is 19.3 Å². The van der Waals surface area contributed by atoms with Crippen molar-refractivity contribution in [3.8, 4) is 0 Å². The van der Waals surface area contributed by atoms with Crippen LogP contribution in [-0.4, -0.2) is 37.2 Å². The summed E-state index contributed by atoms with van der Waals surface area (Å²) in [6, 6.07) is 0. The van der Waals surface area contributed by atoms with E-state index in [9.17, 15) is 14.4 Å². The quantitative estimate of drug-likeness (QED) is 0.0262. The van der Waals surface area contributed by atoms with E-state index in [0.717, 1.165) is 96.3 Å². The zero-order valence-corrected chi connectivity index (χ0v) is 44.2. The van der Waals surface area contributed by atoms with Gasteiger partial charge < -0.3 is 14.2 Å². The van der Waals surface area contributed by atoms with E-state index < -0.39 is 6.10 Å². The number of carbonyl (C=O) groups is 3. The average Bonchev–Trinajstić information content (AvgIpc) is 3.31. The van der Waals surface area contributed by atoms with Crippen LogP contribution in [0.3, 0.4) is 0 Å². The van der Waals surface area contributed by atoms with E-state index in [4.69, 9.17) is 14.2 Å². The van der Waals surface area contributed by atoms with Gasteiger partial charge in [-0.2, -0.15) is 0 Å². The summed E-state index contributed by atoms with van der Waals surface area (Å²) < 4.78 is 16.8. The molecule has 386 valence electrons. The highest BCUT2D eigenvalue weighted by Gasteiger charge is 2.19. The van der Waals surface area contributed by atoms with Gasteiger partial charge in [0.2, 0.25) is 0 Å². The number of unbranched alkanes of at least 4 members (excludes halogenated alkanes) is 36. The van der Waals surface area contributed by atoms with Crippen molar-refractivity contribution in [1.82, 2.24) is 0 Å². The third-order valence-electron chi connectivity index (χ3n) is 12.8. The summed E-state index contributed by atoms with van der Waals surface area (Å²) in [4.78, 5) is 38.0. The highest BCUT2D eigenvalue weighted by molar-refractivity contribution is 5.71. The smallest absolute Gasteiger partial charge is 0.306 e. The molecule has 0 heterocycles. The minimum Gasteiger partial charge on any atom is -0.462 e.